The van der Waals surface area contributed by atoms with Crippen molar-refractivity contribution in [3.05, 3.63) is 234 Å². The second-order valence-corrected chi connectivity index (χ2v) is 15.8. The van der Waals surface area contributed by atoms with Crippen LogP contribution in [0.1, 0.15) is 27.8 Å². The summed E-state index contributed by atoms with van der Waals surface area (Å²) in [7, 11) is 4.22. The fraction of sp³-hybridized carbons (Fsp3) is 0.0508. The molecule has 10 rings (SSSR count). The molecule has 0 aromatic heterocycles. The van der Waals surface area contributed by atoms with E-state index in [0.717, 1.165) is 72.8 Å². The SMILES string of the molecule is Cc1cc(C#Cc2ccc(N(c3ccccc3)c3ccccc3)cc2)c2ccc3c(C#Cc4ccc(N(c5ccccc5)c5ccccc5)cc4)cc(N(C)C)c4ccc1c2c34. The van der Waals surface area contributed by atoms with Crippen LogP contribution in [0.2, 0.25) is 0 Å². The molecule has 3 heteroatoms. The molecule has 3 nitrogen and oxygen atoms in total. The van der Waals surface area contributed by atoms with Gasteiger partial charge < -0.3 is 14.7 Å². The fourth-order valence-electron chi connectivity index (χ4n) is 8.60. The van der Waals surface area contributed by atoms with Gasteiger partial charge >= 0.3 is 0 Å². The molecule has 294 valence electrons. The van der Waals surface area contributed by atoms with Gasteiger partial charge in [0, 0.05) is 86.9 Å². The molecule has 0 aliphatic heterocycles. The molecule has 0 radical (unpaired) electrons. The van der Waals surface area contributed by atoms with Crippen LogP contribution in [0.5, 0.6) is 0 Å². The predicted octanol–water partition coefficient (Wildman–Crippen LogP) is 14.7. The fourth-order valence-corrected chi connectivity index (χ4v) is 8.60. The van der Waals surface area contributed by atoms with Crippen LogP contribution in [-0.2, 0) is 0 Å². The molecule has 0 aliphatic carbocycles. The molecule has 0 spiro atoms. The second-order valence-electron chi connectivity index (χ2n) is 15.8. The highest BCUT2D eigenvalue weighted by molar-refractivity contribution is 6.27. The maximum Gasteiger partial charge on any atom is 0.0462 e. The molecule has 0 fully saturated rings. The van der Waals surface area contributed by atoms with Gasteiger partial charge in [0.15, 0.2) is 0 Å². The molecular formula is C59H43N3. The summed E-state index contributed by atoms with van der Waals surface area (Å²) < 4.78 is 0. The zero-order valence-corrected chi connectivity index (χ0v) is 35.0. The largest absolute Gasteiger partial charge is 0.377 e. The number of hydrogen-bond donors (Lipinski definition) is 0. The summed E-state index contributed by atoms with van der Waals surface area (Å²) in [4.78, 5) is 6.73. The van der Waals surface area contributed by atoms with Gasteiger partial charge in [0.1, 0.15) is 0 Å². The molecule has 0 atom stereocenters. The Morgan fingerprint density at radius 3 is 1.06 bits per heavy atom. The lowest BCUT2D eigenvalue weighted by atomic mass is 9.87. The van der Waals surface area contributed by atoms with E-state index >= 15 is 0 Å². The average Bonchev–Trinajstić information content (AvgIpc) is 3.32. The highest BCUT2D eigenvalue weighted by atomic mass is 15.1. The van der Waals surface area contributed by atoms with Gasteiger partial charge in [-0.3, -0.25) is 0 Å². The third-order valence-electron chi connectivity index (χ3n) is 11.6. The summed E-state index contributed by atoms with van der Waals surface area (Å²) in [5.41, 5.74) is 12.9. The number of nitrogens with zero attached hydrogens (tertiary/aromatic N) is 3. The van der Waals surface area contributed by atoms with Crippen LogP contribution in [0.15, 0.2) is 206 Å². The topological polar surface area (TPSA) is 9.72 Å². The van der Waals surface area contributed by atoms with Crippen molar-refractivity contribution in [1.29, 1.82) is 0 Å². The van der Waals surface area contributed by atoms with Gasteiger partial charge in [0.05, 0.1) is 0 Å². The van der Waals surface area contributed by atoms with Crippen molar-refractivity contribution in [1.82, 2.24) is 0 Å². The van der Waals surface area contributed by atoms with Crippen LogP contribution in [0.4, 0.5) is 39.8 Å². The van der Waals surface area contributed by atoms with Gasteiger partial charge in [-0.15, -0.1) is 0 Å². The first-order valence-electron chi connectivity index (χ1n) is 21.0. The van der Waals surface area contributed by atoms with Gasteiger partial charge in [0.25, 0.3) is 0 Å². The Labute approximate surface area is 364 Å². The van der Waals surface area contributed by atoms with E-state index in [2.05, 4.69) is 241 Å². The Morgan fingerprint density at radius 2 is 0.661 bits per heavy atom. The Bertz CT molecular complexity index is 3220. The van der Waals surface area contributed by atoms with E-state index in [-0.39, 0.29) is 0 Å². The highest BCUT2D eigenvalue weighted by Gasteiger charge is 2.18. The Kier molecular flexibility index (Phi) is 10.1. The zero-order valence-electron chi connectivity index (χ0n) is 35.0. The first kappa shape index (κ1) is 38.0. The summed E-state index contributed by atoms with van der Waals surface area (Å²) >= 11 is 0. The highest BCUT2D eigenvalue weighted by Crippen LogP contribution is 2.43. The zero-order chi connectivity index (χ0) is 42.0. The van der Waals surface area contributed by atoms with Gasteiger partial charge in [-0.05, 0) is 143 Å². The molecular weight excluding hydrogens is 751 g/mol. The minimum atomic E-state index is 0.959. The second kappa shape index (κ2) is 16.4. The Hall–Kier alpha value is -8.24. The molecule has 0 unspecified atom stereocenters. The molecule has 0 heterocycles. The van der Waals surface area contributed by atoms with Crippen molar-refractivity contribution in [2.45, 2.75) is 6.92 Å². The third kappa shape index (κ3) is 7.24. The lowest BCUT2D eigenvalue weighted by molar-refractivity contribution is 1.14. The molecule has 62 heavy (non-hydrogen) atoms. The number of rotatable bonds is 7. The molecule has 0 bridgehead atoms. The predicted molar refractivity (Wildman–Crippen MR) is 263 cm³/mol. The quantitative estimate of drug-likeness (QED) is 0.118. The molecule has 10 aromatic carbocycles. The van der Waals surface area contributed by atoms with E-state index in [1.54, 1.807) is 0 Å². The van der Waals surface area contributed by atoms with E-state index in [9.17, 15) is 0 Å². The van der Waals surface area contributed by atoms with E-state index in [1.807, 2.05) is 24.3 Å². The Morgan fingerprint density at radius 1 is 0.323 bits per heavy atom. The van der Waals surface area contributed by atoms with Crippen molar-refractivity contribution in [3.8, 4) is 23.7 Å². The summed E-state index contributed by atoms with van der Waals surface area (Å²) in [5, 5.41) is 7.21. The molecule has 0 amide bonds. The van der Waals surface area contributed by atoms with E-state index in [1.165, 1.54) is 27.1 Å². The van der Waals surface area contributed by atoms with Gasteiger partial charge in [-0.2, -0.15) is 0 Å². The molecule has 0 N–H and O–H groups in total. The molecule has 0 saturated carbocycles. The van der Waals surface area contributed by atoms with Crippen LogP contribution < -0.4 is 14.7 Å². The van der Waals surface area contributed by atoms with Crippen molar-refractivity contribution in [3.63, 3.8) is 0 Å². The number of anilines is 7. The van der Waals surface area contributed by atoms with Crippen molar-refractivity contribution in [2.24, 2.45) is 0 Å². The monoisotopic (exact) mass is 793 g/mol. The van der Waals surface area contributed by atoms with Crippen molar-refractivity contribution < 1.29 is 0 Å². The minimum absolute atomic E-state index is 0.959. The first-order chi connectivity index (χ1) is 30.5. The van der Waals surface area contributed by atoms with Crippen LogP contribution in [-0.4, -0.2) is 14.1 Å². The number of hydrogen-bond acceptors (Lipinski definition) is 3. The van der Waals surface area contributed by atoms with Crippen LogP contribution in [0.3, 0.4) is 0 Å². The van der Waals surface area contributed by atoms with E-state index in [0.29, 0.717) is 0 Å². The lowest BCUT2D eigenvalue weighted by Gasteiger charge is -2.25. The van der Waals surface area contributed by atoms with Crippen molar-refractivity contribution in [2.75, 3.05) is 28.8 Å². The smallest absolute Gasteiger partial charge is 0.0462 e. The average molecular weight is 794 g/mol. The van der Waals surface area contributed by atoms with E-state index < -0.39 is 0 Å². The third-order valence-corrected chi connectivity index (χ3v) is 11.6. The normalized spacial score (nSPS) is 10.9. The number of benzene rings is 10. The van der Waals surface area contributed by atoms with Crippen LogP contribution >= 0.6 is 0 Å². The maximum atomic E-state index is 3.61. The van der Waals surface area contributed by atoms with Crippen molar-refractivity contribution >= 4 is 72.1 Å². The summed E-state index contributed by atoms with van der Waals surface area (Å²) in [5.74, 6) is 14.2. The molecule has 10 aromatic rings. The van der Waals surface area contributed by atoms with Gasteiger partial charge in [-0.1, -0.05) is 121 Å². The lowest BCUT2D eigenvalue weighted by Crippen LogP contribution is -2.10. The van der Waals surface area contributed by atoms with Crippen LogP contribution in [0.25, 0.3) is 32.3 Å². The molecule has 0 saturated heterocycles. The first-order valence-corrected chi connectivity index (χ1v) is 21.0. The summed E-state index contributed by atoms with van der Waals surface area (Å²) in [6.07, 6.45) is 0. The minimum Gasteiger partial charge on any atom is -0.377 e. The Balaban J connectivity index is 1.02. The molecule has 0 aliphatic rings. The summed E-state index contributed by atoms with van der Waals surface area (Å²) in [6.45, 7) is 2.20. The van der Waals surface area contributed by atoms with E-state index in [4.69, 9.17) is 0 Å². The number of aryl methyl sites for hydroxylation is 1. The maximum absolute atomic E-state index is 3.61. The van der Waals surface area contributed by atoms with Crippen LogP contribution in [0, 0.1) is 30.6 Å². The summed E-state index contributed by atoms with van der Waals surface area (Å²) in [6, 6.07) is 72.5. The van der Waals surface area contributed by atoms with Gasteiger partial charge in [0.2, 0.25) is 0 Å². The van der Waals surface area contributed by atoms with Gasteiger partial charge in [-0.25, -0.2) is 0 Å². The number of para-hydroxylation sites is 4. The standard InChI is InChI=1S/C59H43N3/c1-42-40-45(30-24-43-26-32-51(33-27-43)61(47-16-8-4-9-17-47)48-18-10-5-11-19-48)54-37-38-55-46(41-57(60(2)3)56-39-36-53(42)58(54)59(55)56)31-25-44-28-34-52(35-29-44)62(49-20-12-6-13-21-49)50-22-14-7-15-23-50/h4-23,26-29,32-41H,1-3H3.